The molecule has 0 spiro atoms. The molecule has 3 atom stereocenters. The van der Waals surface area contributed by atoms with Crippen LogP contribution < -0.4 is 58.2 Å². The van der Waals surface area contributed by atoms with Crippen LogP contribution in [0.15, 0.2) is 0 Å². The van der Waals surface area contributed by atoms with Gasteiger partial charge in [-0.05, 0) is 5.92 Å². The third kappa shape index (κ3) is 4.51. The summed E-state index contributed by atoms with van der Waals surface area (Å²) in [5.41, 5.74) is 0. The SMILES string of the molecule is CCC1C[C@@H](C)CC(C)[N-]1.[Rb+]. The average molecular weight is 226 g/mol. The van der Waals surface area contributed by atoms with Crippen molar-refractivity contribution in [3.63, 3.8) is 0 Å². The third-order valence-corrected chi connectivity index (χ3v) is 2.35. The van der Waals surface area contributed by atoms with Crippen LogP contribution in [0.2, 0.25) is 0 Å². The fraction of sp³-hybridized carbons (Fsp3) is 1.00. The Balaban J connectivity index is 0.000001000. The minimum absolute atomic E-state index is 0. The molecule has 60 valence electrons. The van der Waals surface area contributed by atoms with Crippen LogP contribution in [0.25, 0.3) is 5.32 Å². The van der Waals surface area contributed by atoms with Crippen molar-refractivity contribution in [3.8, 4) is 0 Å². The molecule has 1 rings (SSSR count). The first-order valence-electron chi connectivity index (χ1n) is 4.42. The van der Waals surface area contributed by atoms with E-state index < -0.39 is 0 Å². The molecule has 1 fully saturated rings. The number of nitrogens with zero attached hydrogens (tertiary/aromatic N) is 1. The van der Waals surface area contributed by atoms with E-state index in [1.807, 2.05) is 0 Å². The summed E-state index contributed by atoms with van der Waals surface area (Å²) in [6.07, 6.45) is 3.85. The molecule has 1 nitrogen and oxygen atoms in total. The fourth-order valence-electron chi connectivity index (χ4n) is 1.90. The van der Waals surface area contributed by atoms with E-state index in [2.05, 4.69) is 26.1 Å². The van der Waals surface area contributed by atoms with Crippen molar-refractivity contribution < 1.29 is 58.2 Å². The van der Waals surface area contributed by atoms with E-state index in [-0.39, 0.29) is 58.2 Å². The van der Waals surface area contributed by atoms with Gasteiger partial charge in [-0.1, -0.05) is 40.0 Å². The summed E-state index contributed by atoms with van der Waals surface area (Å²) in [6.45, 7) is 6.81. The maximum atomic E-state index is 4.65. The van der Waals surface area contributed by atoms with Crippen molar-refractivity contribution in [3.05, 3.63) is 5.32 Å². The molecule has 0 aliphatic carbocycles. The number of hydrogen-bond donors (Lipinski definition) is 0. The zero-order valence-electron chi connectivity index (χ0n) is 8.30. The largest absolute Gasteiger partial charge is 1.00 e. The number of piperidine rings is 1. The summed E-state index contributed by atoms with van der Waals surface area (Å²) in [7, 11) is 0. The van der Waals surface area contributed by atoms with Gasteiger partial charge in [0, 0.05) is 0 Å². The topological polar surface area (TPSA) is 14.1 Å². The molecule has 11 heavy (non-hydrogen) atoms. The molecular formula is C9H18NRb. The summed E-state index contributed by atoms with van der Waals surface area (Å²) in [5.74, 6) is 0.900. The van der Waals surface area contributed by atoms with Gasteiger partial charge in [0.05, 0.1) is 0 Å². The van der Waals surface area contributed by atoms with Crippen molar-refractivity contribution in [1.82, 2.24) is 0 Å². The van der Waals surface area contributed by atoms with Crippen LogP contribution in [0.5, 0.6) is 0 Å². The van der Waals surface area contributed by atoms with Crippen LogP contribution in [-0.2, 0) is 0 Å². The summed E-state index contributed by atoms with van der Waals surface area (Å²) >= 11 is 0. The van der Waals surface area contributed by atoms with Crippen molar-refractivity contribution in [2.75, 3.05) is 0 Å². The van der Waals surface area contributed by atoms with Crippen LogP contribution >= 0.6 is 0 Å². The Labute approximate surface area is 119 Å². The van der Waals surface area contributed by atoms with E-state index in [4.69, 9.17) is 0 Å². The second kappa shape index (κ2) is 6.25. The van der Waals surface area contributed by atoms with Gasteiger partial charge in [0.1, 0.15) is 0 Å². The molecule has 1 heterocycles. The van der Waals surface area contributed by atoms with Gasteiger partial charge >= 0.3 is 58.2 Å². The smallest absolute Gasteiger partial charge is 0.657 e. The van der Waals surface area contributed by atoms with Gasteiger partial charge in [0.25, 0.3) is 0 Å². The van der Waals surface area contributed by atoms with Gasteiger partial charge in [-0.15, -0.1) is 12.1 Å². The Morgan fingerprint density at radius 3 is 2.36 bits per heavy atom. The van der Waals surface area contributed by atoms with Crippen LogP contribution in [0.1, 0.15) is 40.0 Å². The molecule has 0 radical (unpaired) electrons. The van der Waals surface area contributed by atoms with Gasteiger partial charge in [-0.25, -0.2) is 0 Å². The Morgan fingerprint density at radius 1 is 1.27 bits per heavy atom. The van der Waals surface area contributed by atoms with Gasteiger partial charge < -0.3 is 5.32 Å². The number of hydrogen-bond acceptors (Lipinski definition) is 0. The van der Waals surface area contributed by atoms with Crippen molar-refractivity contribution in [2.24, 2.45) is 5.92 Å². The van der Waals surface area contributed by atoms with Crippen molar-refractivity contribution in [2.45, 2.75) is 52.1 Å². The molecule has 2 heteroatoms. The normalized spacial score (nSPS) is 37.9. The Hall–Kier alpha value is 1.77. The predicted molar refractivity (Wildman–Crippen MR) is 45.3 cm³/mol. The van der Waals surface area contributed by atoms with Crippen molar-refractivity contribution in [1.29, 1.82) is 0 Å². The zero-order chi connectivity index (χ0) is 7.56. The van der Waals surface area contributed by atoms with Crippen molar-refractivity contribution >= 4 is 0 Å². The molecule has 0 amide bonds. The zero-order valence-corrected chi connectivity index (χ0v) is 13.2. The van der Waals surface area contributed by atoms with Crippen LogP contribution in [0.3, 0.4) is 0 Å². The molecule has 1 saturated heterocycles. The summed E-state index contributed by atoms with van der Waals surface area (Å²) in [5, 5.41) is 4.65. The average Bonchev–Trinajstić information content (AvgIpc) is 1.85. The van der Waals surface area contributed by atoms with Gasteiger partial charge in [-0.2, -0.15) is 0 Å². The van der Waals surface area contributed by atoms with E-state index in [1.54, 1.807) is 0 Å². The minimum atomic E-state index is 0. The molecule has 0 bridgehead atoms. The predicted octanol–water partition coefficient (Wildman–Crippen LogP) is -0.0389. The van der Waals surface area contributed by atoms with Crippen LogP contribution in [0.4, 0.5) is 0 Å². The summed E-state index contributed by atoms with van der Waals surface area (Å²) in [6, 6.07) is 1.28. The second-order valence-electron chi connectivity index (χ2n) is 3.64. The van der Waals surface area contributed by atoms with E-state index in [9.17, 15) is 0 Å². The second-order valence-corrected chi connectivity index (χ2v) is 3.64. The fourth-order valence-corrected chi connectivity index (χ4v) is 1.90. The molecule has 1 aliphatic rings. The number of rotatable bonds is 1. The standard InChI is InChI=1S/C9H18N.Rb/c1-4-9-6-7(2)5-8(3)10-9;/h7-9H,4-6H2,1-3H3;/q-1;+1/t7-,8?,9?;/m0./s1. The maximum absolute atomic E-state index is 4.65. The molecule has 0 aromatic heterocycles. The molecule has 1 aliphatic heterocycles. The van der Waals surface area contributed by atoms with Crippen LogP contribution in [-0.4, -0.2) is 12.1 Å². The summed E-state index contributed by atoms with van der Waals surface area (Å²) < 4.78 is 0. The minimum Gasteiger partial charge on any atom is -0.657 e. The van der Waals surface area contributed by atoms with E-state index >= 15 is 0 Å². The van der Waals surface area contributed by atoms with E-state index in [0.29, 0.717) is 12.1 Å². The molecule has 0 aromatic rings. The molecule has 0 aromatic carbocycles. The Morgan fingerprint density at radius 2 is 1.91 bits per heavy atom. The Bertz CT molecular complexity index is 95.7. The van der Waals surface area contributed by atoms with E-state index in [0.717, 1.165) is 5.92 Å². The third-order valence-electron chi connectivity index (χ3n) is 2.35. The quantitative estimate of drug-likeness (QED) is 0.595. The first kappa shape index (κ1) is 12.8. The molecule has 2 unspecified atom stereocenters. The Kier molecular flexibility index (Phi) is 7.26. The van der Waals surface area contributed by atoms with Gasteiger partial charge in [0.15, 0.2) is 0 Å². The molecule has 0 N–H and O–H groups in total. The molecular weight excluding hydrogens is 208 g/mol. The summed E-state index contributed by atoms with van der Waals surface area (Å²) in [4.78, 5) is 0. The van der Waals surface area contributed by atoms with E-state index in [1.165, 1.54) is 19.3 Å². The van der Waals surface area contributed by atoms with Crippen LogP contribution in [0, 0.1) is 5.92 Å². The van der Waals surface area contributed by atoms with Gasteiger partial charge in [0.2, 0.25) is 0 Å². The maximum Gasteiger partial charge on any atom is 1.00 e. The monoisotopic (exact) mass is 225 g/mol. The first-order valence-corrected chi connectivity index (χ1v) is 4.42. The molecule has 0 saturated carbocycles. The van der Waals surface area contributed by atoms with Gasteiger partial charge in [-0.3, -0.25) is 0 Å². The first-order chi connectivity index (χ1) is 4.72.